The van der Waals surface area contributed by atoms with Gasteiger partial charge in [0.25, 0.3) is 0 Å². The van der Waals surface area contributed by atoms with Crippen LogP contribution in [0.25, 0.3) is 0 Å². The molecule has 3 aromatic rings. The second-order valence-electron chi connectivity index (χ2n) is 5.04. The van der Waals surface area contributed by atoms with Crippen LogP contribution in [0.15, 0.2) is 58.9 Å². The summed E-state index contributed by atoms with van der Waals surface area (Å²) in [4.78, 5) is 7.59. The molecule has 0 spiro atoms. The monoisotopic (exact) mass is 394 g/mol. The van der Waals surface area contributed by atoms with Crippen molar-refractivity contribution in [1.29, 1.82) is 0 Å². The first-order valence-corrected chi connectivity index (χ1v) is 8.03. The van der Waals surface area contributed by atoms with E-state index in [1.807, 2.05) is 0 Å². The predicted octanol–water partition coefficient (Wildman–Crippen LogP) is 6.06. The maximum absolute atomic E-state index is 13.8. The number of hydrogen-bond acceptors (Lipinski definition) is 5. The van der Waals surface area contributed by atoms with Crippen LogP contribution in [0.1, 0.15) is 5.56 Å². The lowest BCUT2D eigenvalue weighted by molar-refractivity contribution is 0.279. The van der Waals surface area contributed by atoms with Gasteiger partial charge in [0.2, 0.25) is 5.82 Å². The summed E-state index contributed by atoms with van der Waals surface area (Å²) in [6, 6.07) is 10.3. The van der Waals surface area contributed by atoms with Gasteiger partial charge in [0.1, 0.15) is 12.4 Å². The maximum atomic E-state index is 13.8. The van der Waals surface area contributed by atoms with E-state index in [0.717, 1.165) is 6.20 Å². The van der Waals surface area contributed by atoms with Gasteiger partial charge in [0, 0.05) is 0 Å². The molecular formula is C17H10Cl2F2N4O. The van der Waals surface area contributed by atoms with Crippen molar-refractivity contribution in [3.05, 3.63) is 75.9 Å². The summed E-state index contributed by atoms with van der Waals surface area (Å²) < 4.78 is 32.0. The zero-order valence-corrected chi connectivity index (χ0v) is 14.5. The number of nitrogens with zero attached hydrogens (tertiary/aromatic N) is 4. The molecule has 0 amide bonds. The summed E-state index contributed by atoms with van der Waals surface area (Å²) in [5, 5.41) is 8.28. The highest BCUT2D eigenvalue weighted by Crippen LogP contribution is 2.28. The minimum atomic E-state index is -0.761. The second kappa shape index (κ2) is 8.16. The van der Waals surface area contributed by atoms with Gasteiger partial charge in [-0.2, -0.15) is 4.98 Å². The van der Waals surface area contributed by atoms with Crippen LogP contribution >= 0.6 is 23.2 Å². The van der Waals surface area contributed by atoms with Gasteiger partial charge < -0.3 is 4.74 Å². The molecule has 3 rings (SSSR count). The van der Waals surface area contributed by atoms with Crippen LogP contribution in [0.5, 0.6) is 6.01 Å². The summed E-state index contributed by atoms with van der Waals surface area (Å²) in [6.07, 6.45) is 0.927. The van der Waals surface area contributed by atoms with Crippen molar-refractivity contribution >= 4 is 34.7 Å². The highest BCUT2D eigenvalue weighted by Gasteiger charge is 2.08. The highest BCUT2D eigenvalue weighted by atomic mass is 35.5. The van der Waals surface area contributed by atoms with Crippen LogP contribution in [0, 0.1) is 11.6 Å². The van der Waals surface area contributed by atoms with Crippen LogP contribution in [0.4, 0.5) is 20.3 Å². The van der Waals surface area contributed by atoms with Gasteiger partial charge in [0.15, 0.2) is 5.82 Å². The quantitative estimate of drug-likeness (QED) is 0.494. The molecule has 0 aliphatic carbocycles. The van der Waals surface area contributed by atoms with Crippen molar-refractivity contribution in [2.24, 2.45) is 10.2 Å². The summed E-state index contributed by atoms with van der Waals surface area (Å²) in [5.41, 5.74) is 1.09. The third-order valence-corrected chi connectivity index (χ3v) is 3.89. The Hall–Kier alpha value is -2.64. The summed E-state index contributed by atoms with van der Waals surface area (Å²) in [5.74, 6) is -1.40. The molecule has 0 unspecified atom stereocenters. The molecule has 0 radical (unpaired) electrons. The van der Waals surface area contributed by atoms with Gasteiger partial charge in [0.05, 0.1) is 21.9 Å². The topological polar surface area (TPSA) is 59.7 Å². The fraction of sp³-hybridized carbons (Fsp3) is 0.0588. The molecule has 26 heavy (non-hydrogen) atoms. The lowest BCUT2D eigenvalue weighted by Crippen LogP contribution is -2.00. The van der Waals surface area contributed by atoms with Crippen molar-refractivity contribution in [1.82, 2.24) is 9.97 Å². The number of rotatable bonds is 5. The van der Waals surface area contributed by atoms with Crippen molar-refractivity contribution in [2.45, 2.75) is 6.61 Å². The van der Waals surface area contributed by atoms with Crippen LogP contribution in [-0.4, -0.2) is 9.97 Å². The van der Waals surface area contributed by atoms with Gasteiger partial charge in [-0.25, -0.2) is 13.8 Å². The molecule has 0 saturated heterocycles. The van der Waals surface area contributed by atoms with Gasteiger partial charge in [-0.15, -0.1) is 10.2 Å². The second-order valence-corrected chi connectivity index (χ2v) is 5.85. The number of benzene rings is 2. The fourth-order valence-electron chi connectivity index (χ4n) is 1.86. The Balaban J connectivity index is 1.73. The molecular weight excluding hydrogens is 385 g/mol. The summed E-state index contributed by atoms with van der Waals surface area (Å²) >= 11 is 11.7. The van der Waals surface area contributed by atoms with E-state index in [2.05, 4.69) is 20.2 Å². The van der Waals surface area contributed by atoms with E-state index in [9.17, 15) is 8.78 Å². The van der Waals surface area contributed by atoms with Crippen molar-refractivity contribution in [3.63, 3.8) is 0 Å². The van der Waals surface area contributed by atoms with E-state index >= 15 is 0 Å². The predicted molar refractivity (Wildman–Crippen MR) is 93.4 cm³/mol. The average Bonchev–Trinajstić information content (AvgIpc) is 2.64. The third-order valence-electron chi connectivity index (χ3n) is 3.15. The maximum Gasteiger partial charge on any atom is 0.318 e. The fourth-order valence-corrected chi connectivity index (χ4v) is 2.16. The molecule has 0 bridgehead atoms. The normalized spacial score (nSPS) is 11.1. The lowest BCUT2D eigenvalue weighted by atomic mass is 10.2. The van der Waals surface area contributed by atoms with Crippen LogP contribution in [-0.2, 0) is 6.61 Å². The van der Waals surface area contributed by atoms with Crippen LogP contribution < -0.4 is 4.74 Å². The molecule has 0 N–H and O–H groups in total. The Morgan fingerprint density at radius 3 is 2.46 bits per heavy atom. The minimum Gasteiger partial charge on any atom is -0.459 e. The molecule has 0 saturated carbocycles. The summed E-state index contributed by atoms with van der Waals surface area (Å²) in [7, 11) is 0. The first kappa shape index (κ1) is 18.2. The Bertz CT molecular complexity index is 952. The standard InChI is InChI=1S/C17H10Cl2F2N4O/c18-13-6-5-12(7-14(13)19)24-25-16-15(21)8-22-17(23-16)26-9-10-1-3-11(20)4-2-10/h1-8H,9H2/b25-24+. The van der Waals surface area contributed by atoms with E-state index < -0.39 is 5.82 Å². The van der Waals surface area contributed by atoms with E-state index in [1.165, 1.54) is 18.2 Å². The van der Waals surface area contributed by atoms with Crippen molar-refractivity contribution in [3.8, 4) is 6.01 Å². The number of ether oxygens (including phenoxy) is 1. The van der Waals surface area contributed by atoms with Crippen molar-refractivity contribution < 1.29 is 13.5 Å². The van der Waals surface area contributed by atoms with Crippen molar-refractivity contribution in [2.75, 3.05) is 0 Å². The Labute approximate surface area is 157 Å². The molecule has 0 aliphatic rings. The zero-order chi connectivity index (χ0) is 18.5. The van der Waals surface area contributed by atoms with Gasteiger partial charge in [-0.1, -0.05) is 35.3 Å². The highest BCUT2D eigenvalue weighted by molar-refractivity contribution is 6.42. The molecule has 2 aromatic carbocycles. The third kappa shape index (κ3) is 4.71. The average molecular weight is 395 g/mol. The smallest absolute Gasteiger partial charge is 0.318 e. The Morgan fingerprint density at radius 2 is 1.73 bits per heavy atom. The SMILES string of the molecule is Fc1ccc(COc2ncc(F)c(/N=N/c3ccc(Cl)c(Cl)c3)n2)cc1. The number of aromatic nitrogens is 2. The molecule has 0 atom stereocenters. The first-order valence-electron chi connectivity index (χ1n) is 7.28. The first-order chi connectivity index (χ1) is 12.5. The minimum absolute atomic E-state index is 0.0844. The Kier molecular flexibility index (Phi) is 5.70. The molecule has 9 heteroatoms. The van der Waals surface area contributed by atoms with E-state index in [4.69, 9.17) is 27.9 Å². The number of halogens is 4. The van der Waals surface area contributed by atoms with E-state index in [0.29, 0.717) is 21.3 Å². The van der Waals surface area contributed by atoms with E-state index in [-0.39, 0.29) is 24.3 Å². The van der Waals surface area contributed by atoms with Crippen LogP contribution in [0.3, 0.4) is 0 Å². The molecule has 1 aromatic heterocycles. The molecule has 132 valence electrons. The zero-order valence-electron chi connectivity index (χ0n) is 13.0. The van der Waals surface area contributed by atoms with Crippen LogP contribution in [0.2, 0.25) is 10.0 Å². The summed E-state index contributed by atoms with van der Waals surface area (Å²) in [6.45, 7) is 0.0925. The number of hydrogen-bond donors (Lipinski definition) is 0. The van der Waals surface area contributed by atoms with Gasteiger partial charge >= 0.3 is 6.01 Å². The largest absolute Gasteiger partial charge is 0.459 e. The molecule has 1 heterocycles. The van der Waals surface area contributed by atoms with Gasteiger partial charge in [-0.3, -0.25) is 0 Å². The van der Waals surface area contributed by atoms with E-state index in [1.54, 1.807) is 24.3 Å². The van der Waals surface area contributed by atoms with Gasteiger partial charge in [-0.05, 0) is 35.9 Å². The molecule has 5 nitrogen and oxygen atoms in total. The number of azo groups is 1. The Morgan fingerprint density at radius 1 is 0.962 bits per heavy atom. The molecule has 0 aliphatic heterocycles. The molecule has 0 fully saturated rings. The lowest BCUT2D eigenvalue weighted by Gasteiger charge is -2.05.